The summed E-state index contributed by atoms with van der Waals surface area (Å²) in [7, 11) is 0. The SMILES string of the molecule is CCCCNNC(=O)[C@@]1(Cc2ccccc2Br)N=C(c2ccc(OCCCO)cc2)O[C@H]1c1ccc(Br)cc1. The highest BCUT2D eigenvalue weighted by Gasteiger charge is 2.53. The second kappa shape index (κ2) is 14.1. The summed E-state index contributed by atoms with van der Waals surface area (Å²) in [6, 6.07) is 23.1. The van der Waals surface area contributed by atoms with Gasteiger partial charge in [-0.15, -0.1) is 0 Å². The summed E-state index contributed by atoms with van der Waals surface area (Å²) in [4.78, 5) is 19.1. The molecule has 9 heteroatoms. The van der Waals surface area contributed by atoms with E-state index in [1.165, 1.54) is 0 Å². The Morgan fingerprint density at radius 2 is 1.79 bits per heavy atom. The maximum Gasteiger partial charge on any atom is 0.266 e. The van der Waals surface area contributed by atoms with E-state index in [4.69, 9.17) is 19.6 Å². The number of carbonyl (C=O) groups excluding carboxylic acids is 1. The van der Waals surface area contributed by atoms with Crippen molar-refractivity contribution in [1.29, 1.82) is 0 Å². The number of halogens is 2. The average Bonchev–Trinajstić information content (AvgIpc) is 3.34. The van der Waals surface area contributed by atoms with Gasteiger partial charge in [0, 0.05) is 40.5 Å². The molecule has 1 heterocycles. The number of amides is 1. The number of hydrazine groups is 1. The standard InChI is InChI=1S/C30H33Br2N3O4/c1-2-3-17-33-35-29(37)30(20-23-7-4-5-8-26(23)32)27(21-9-13-24(31)14-10-21)39-28(34-30)22-11-15-25(16-12-22)38-19-6-18-36/h4-5,7-16,27,33,36H,2-3,6,17-20H2,1H3,(H,35,37)/t27-,30-/m0/s1. The largest absolute Gasteiger partial charge is 0.494 e. The third-order valence-electron chi connectivity index (χ3n) is 6.48. The van der Waals surface area contributed by atoms with Crippen LogP contribution >= 0.6 is 31.9 Å². The lowest BCUT2D eigenvalue weighted by Crippen LogP contribution is -2.54. The number of hydrogen-bond acceptors (Lipinski definition) is 6. The zero-order valence-corrected chi connectivity index (χ0v) is 25.0. The molecule has 3 N–H and O–H groups in total. The van der Waals surface area contributed by atoms with Crippen molar-refractivity contribution in [1.82, 2.24) is 10.9 Å². The first-order valence-electron chi connectivity index (χ1n) is 13.1. The second-order valence-electron chi connectivity index (χ2n) is 9.34. The highest BCUT2D eigenvalue weighted by Crippen LogP contribution is 2.43. The van der Waals surface area contributed by atoms with Gasteiger partial charge >= 0.3 is 0 Å². The maximum absolute atomic E-state index is 14.0. The van der Waals surface area contributed by atoms with E-state index in [0.717, 1.165) is 38.5 Å². The third kappa shape index (κ3) is 7.28. The Morgan fingerprint density at radius 3 is 2.49 bits per heavy atom. The van der Waals surface area contributed by atoms with Gasteiger partial charge in [-0.05, 0) is 60.0 Å². The van der Waals surface area contributed by atoms with Crippen LogP contribution in [0.2, 0.25) is 0 Å². The topological polar surface area (TPSA) is 92.2 Å². The van der Waals surface area contributed by atoms with E-state index in [1.54, 1.807) is 0 Å². The van der Waals surface area contributed by atoms with Crippen LogP contribution in [0.5, 0.6) is 5.75 Å². The lowest BCUT2D eigenvalue weighted by atomic mass is 9.82. The van der Waals surface area contributed by atoms with Crippen LogP contribution < -0.4 is 15.6 Å². The number of carbonyl (C=O) groups is 1. The van der Waals surface area contributed by atoms with Gasteiger partial charge in [0.1, 0.15) is 5.75 Å². The molecule has 1 amide bonds. The number of benzene rings is 3. The zero-order valence-electron chi connectivity index (χ0n) is 21.8. The molecule has 3 aromatic rings. The molecule has 0 unspecified atom stereocenters. The summed E-state index contributed by atoms with van der Waals surface area (Å²) < 4.78 is 14.1. The quantitative estimate of drug-likeness (QED) is 0.157. The average molecular weight is 659 g/mol. The van der Waals surface area contributed by atoms with Crippen molar-refractivity contribution >= 4 is 43.7 Å². The molecule has 0 saturated carbocycles. The summed E-state index contributed by atoms with van der Waals surface area (Å²) >= 11 is 7.17. The molecule has 2 atom stereocenters. The summed E-state index contributed by atoms with van der Waals surface area (Å²) in [5, 5.41) is 9.01. The normalized spacial score (nSPS) is 18.4. The Morgan fingerprint density at radius 1 is 1.05 bits per heavy atom. The van der Waals surface area contributed by atoms with E-state index in [-0.39, 0.29) is 12.5 Å². The van der Waals surface area contributed by atoms with Crippen molar-refractivity contribution in [3.63, 3.8) is 0 Å². The second-order valence-corrected chi connectivity index (χ2v) is 11.1. The van der Waals surface area contributed by atoms with Gasteiger partial charge in [0.2, 0.25) is 5.90 Å². The summed E-state index contributed by atoms with van der Waals surface area (Å²) in [5.74, 6) is 0.814. The van der Waals surface area contributed by atoms with Crippen molar-refractivity contribution in [2.45, 2.75) is 44.2 Å². The molecule has 1 aliphatic heterocycles. The fraction of sp³-hybridized carbons (Fsp3) is 0.333. The Bertz CT molecular complexity index is 1270. The van der Waals surface area contributed by atoms with Crippen LogP contribution in [0.3, 0.4) is 0 Å². The number of ether oxygens (including phenoxy) is 2. The first-order chi connectivity index (χ1) is 19.0. The number of aliphatic imine (C=N–C) groups is 1. The van der Waals surface area contributed by atoms with Crippen LogP contribution in [0, 0.1) is 0 Å². The molecule has 0 radical (unpaired) electrons. The smallest absolute Gasteiger partial charge is 0.266 e. The molecule has 0 fully saturated rings. The Hall–Kier alpha value is -2.72. The number of aliphatic hydroxyl groups excluding tert-OH is 1. The minimum atomic E-state index is -1.28. The number of unbranched alkanes of at least 4 members (excludes halogenated alkanes) is 1. The fourth-order valence-electron chi connectivity index (χ4n) is 4.37. The van der Waals surface area contributed by atoms with Crippen LogP contribution in [0.15, 0.2) is 86.7 Å². The van der Waals surface area contributed by atoms with E-state index in [9.17, 15) is 4.79 Å². The molecule has 0 spiro atoms. The maximum atomic E-state index is 14.0. The zero-order chi connectivity index (χ0) is 27.7. The van der Waals surface area contributed by atoms with Gasteiger partial charge in [-0.2, -0.15) is 0 Å². The fourth-order valence-corrected chi connectivity index (χ4v) is 5.06. The number of rotatable bonds is 13. The van der Waals surface area contributed by atoms with E-state index < -0.39 is 11.6 Å². The minimum absolute atomic E-state index is 0.0785. The Balaban J connectivity index is 1.75. The predicted molar refractivity (Wildman–Crippen MR) is 160 cm³/mol. The van der Waals surface area contributed by atoms with E-state index in [2.05, 4.69) is 49.6 Å². The van der Waals surface area contributed by atoms with Gasteiger partial charge in [-0.3, -0.25) is 10.2 Å². The van der Waals surface area contributed by atoms with Crippen LogP contribution in [0.1, 0.15) is 49.0 Å². The molecule has 3 aromatic carbocycles. The lowest BCUT2D eigenvalue weighted by Gasteiger charge is -2.31. The highest BCUT2D eigenvalue weighted by atomic mass is 79.9. The molecular weight excluding hydrogens is 626 g/mol. The van der Waals surface area contributed by atoms with Gasteiger partial charge in [0.05, 0.1) is 6.61 Å². The molecule has 1 aliphatic rings. The van der Waals surface area contributed by atoms with E-state index in [0.29, 0.717) is 37.6 Å². The van der Waals surface area contributed by atoms with Crippen LogP contribution in [0.25, 0.3) is 0 Å². The first-order valence-corrected chi connectivity index (χ1v) is 14.7. The number of aliphatic hydroxyl groups is 1. The Labute approximate surface area is 246 Å². The van der Waals surface area contributed by atoms with Crippen LogP contribution in [0.4, 0.5) is 0 Å². The number of nitrogens with zero attached hydrogens (tertiary/aromatic N) is 1. The molecule has 7 nitrogen and oxygen atoms in total. The highest BCUT2D eigenvalue weighted by molar-refractivity contribution is 9.10. The first kappa shape index (κ1) is 29.3. The molecule has 206 valence electrons. The van der Waals surface area contributed by atoms with Crippen molar-refractivity contribution < 1.29 is 19.4 Å². The monoisotopic (exact) mass is 657 g/mol. The van der Waals surface area contributed by atoms with Crippen molar-refractivity contribution in [3.8, 4) is 5.75 Å². The summed E-state index contributed by atoms with van der Waals surface area (Å²) in [6.45, 7) is 3.27. The third-order valence-corrected chi connectivity index (χ3v) is 7.78. The van der Waals surface area contributed by atoms with Gasteiger partial charge in [-0.25, -0.2) is 10.4 Å². The number of hydrogen-bond donors (Lipinski definition) is 3. The molecule has 0 saturated heterocycles. The van der Waals surface area contributed by atoms with Crippen LogP contribution in [-0.4, -0.2) is 42.2 Å². The van der Waals surface area contributed by atoms with Gasteiger partial charge in [-0.1, -0.05) is 75.5 Å². The molecule has 0 aliphatic carbocycles. The van der Waals surface area contributed by atoms with Crippen molar-refractivity contribution in [3.05, 3.63) is 98.4 Å². The predicted octanol–water partition coefficient (Wildman–Crippen LogP) is 5.89. The van der Waals surface area contributed by atoms with Gasteiger partial charge in [0.25, 0.3) is 5.91 Å². The summed E-state index contributed by atoms with van der Waals surface area (Å²) in [6.07, 6.45) is 2.16. The van der Waals surface area contributed by atoms with E-state index >= 15 is 0 Å². The Kier molecular flexibility index (Phi) is 10.6. The minimum Gasteiger partial charge on any atom is -0.494 e. The van der Waals surface area contributed by atoms with Crippen molar-refractivity contribution in [2.24, 2.45) is 4.99 Å². The van der Waals surface area contributed by atoms with Gasteiger partial charge < -0.3 is 14.6 Å². The molecular formula is C30H33Br2N3O4. The van der Waals surface area contributed by atoms with Crippen molar-refractivity contribution in [2.75, 3.05) is 19.8 Å². The van der Waals surface area contributed by atoms with Crippen LogP contribution in [-0.2, 0) is 16.0 Å². The van der Waals surface area contributed by atoms with E-state index in [1.807, 2.05) is 72.8 Å². The summed E-state index contributed by atoms with van der Waals surface area (Å²) in [5.41, 5.74) is 7.26. The number of nitrogens with one attached hydrogen (secondary N) is 2. The lowest BCUT2D eigenvalue weighted by molar-refractivity contribution is -0.130. The van der Waals surface area contributed by atoms with Gasteiger partial charge in [0.15, 0.2) is 11.6 Å². The molecule has 0 aromatic heterocycles. The molecule has 39 heavy (non-hydrogen) atoms. The molecule has 0 bridgehead atoms. The molecule has 4 rings (SSSR count).